The Bertz CT molecular complexity index is 285. The predicted molar refractivity (Wildman–Crippen MR) is 52.2 cm³/mol. The van der Waals surface area contributed by atoms with Crippen LogP contribution in [0.1, 0.15) is 20.8 Å². The van der Waals surface area contributed by atoms with Crippen molar-refractivity contribution in [2.24, 2.45) is 5.41 Å². The maximum Gasteiger partial charge on any atom is 0.229 e. The molecule has 13 heavy (non-hydrogen) atoms. The molecule has 0 aliphatic heterocycles. The van der Waals surface area contributed by atoms with Gasteiger partial charge < -0.3 is 5.32 Å². The molecule has 1 rings (SSSR count). The van der Waals surface area contributed by atoms with Gasteiger partial charge in [0.1, 0.15) is 0 Å². The van der Waals surface area contributed by atoms with Crippen molar-refractivity contribution >= 4 is 11.6 Å². The number of benzene rings is 1. The Balaban J connectivity index is 2.66. The fourth-order valence-corrected chi connectivity index (χ4v) is 0.735. The second kappa shape index (κ2) is 3.60. The number of hydrogen-bond acceptors (Lipinski definition) is 1. The first-order chi connectivity index (χ1) is 6.00. The van der Waals surface area contributed by atoms with Gasteiger partial charge in [-0.3, -0.25) is 4.79 Å². The maximum atomic E-state index is 11.5. The van der Waals surface area contributed by atoms with Crippen molar-refractivity contribution in [2.75, 3.05) is 5.32 Å². The Hall–Kier alpha value is -1.31. The summed E-state index contributed by atoms with van der Waals surface area (Å²) in [6.45, 7) is 5.61. The van der Waals surface area contributed by atoms with Crippen LogP contribution in [0.2, 0.25) is 0 Å². The van der Waals surface area contributed by atoms with Crippen LogP contribution in [-0.2, 0) is 4.79 Å². The van der Waals surface area contributed by atoms with Crippen molar-refractivity contribution in [3.05, 3.63) is 30.3 Å². The molecule has 0 aliphatic rings. The Morgan fingerprint density at radius 1 is 1.38 bits per heavy atom. The summed E-state index contributed by atoms with van der Waals surface area (Å²) >= 11 is 0. The van der Waals surface area contributed by atoms with Gasteiger partial charge in [0.25, 0.3) is 0 Å². The molecule has 0 heterocycles. The number of anilines is 1. The summed E-state index contributed by atoms with van der Waals surface area (Å²) in [5.74, 6) is -0.0108. The summed E-state index contributed by atoms with van der Waals surface area (Å²) in [6.07, 6.45) is 0. The molecule has 0 fully saturated rings. The minimum absolute atomic E-state index is 0.0108. The maximum absolute atomic E-state index is 11.5. The molecule has 0 bridgehead atoms. The van der Waals surface area contributed by atoms with Crippen molar-refractivity contribution in [1.82, 2.24) is 0 Å². The Morgan fingerprint density at radius 3 is 2.54 bits per heavy atom. The van der Waals surface area contributed by atoms with Crippen molar-refractivity contribution in [2.45, 2.75) is 20.8 Å². The van der Waals surface area contributed by atoms with E-state index in [1.165, 1.54) is 0 Å². The van der Waals surface area contributed by atoms with Crippen LogP contribution in [0, 0.1) is 17.5 Å². The lowest BCUT2D eigenvalue weighted by molar-refractivity contribution is -0.123. The van der Waals surface area contributed by atoms with E-state index in [2.05, 4.69) is 17.4 Å². The molecular formula is C11H13NO. The standard InChI is InChI=1S/C11H13NO/c1-11(2,3)10(13)12-9-7-5-4-6-8-9/h4-5,8H,1-3H3,(H,12,13). The number of carbonyl (C=O) groups excluding carboxylic acids is 1. The van der Waals surface area contributed by atoms with E-state index >= 15 is 0 Å². The van der Waals surface area contributed by atoms with Gasteiger partial charge in [0.15, 0.2) is 0 Å². The number of hydrogen-bond donors (Lipinski definition) is 1. The molecule has 0 unspecified atom stereocenters. The molecule has 0 atom stereocenters. The third kappa shape index (κ3) is 2.90. The van der Waals surface area contributed by atoms with Crippen LogP contribution < -0.4 is 5.32 Å². The van der Waals surface area contributed by atoms with Crippen molar-refractivity contribution < 1.29 is 4.79 Å². The van der Waals surface area contributed by atoms with Crippen molar-refractivity contribution in [3.8, 4) is 0 Å². The topological polar surface area (TPSA) is 29.1 Å². The molecule has 2 nitrogen and oxygen atoms in total. The fourth-order valence-electron chi connectivity index (χ4n) is 0.735. The second-order valence-electron chi connectivity index (χ2n) is 3.91. The van der Waals surface area contributed by atoms with Gasteiger partial charge in [-0.1, -0.05) is 32.9 Å². The zero-order valence-corrected chi connectivity index (χ0v) is 8.14. The highest BCUT2D eigenvalue weighted by Crippen LogP contribution is 2.16. The van der Waals surface area contributed by atoms with E-state index in [4.69, 9.17) is 0 Å². The highest BCUT2D eigenvalue weighted by atomic mass is 16.2. The molecule has 1 amide bonds. The molecule has 1 aromatic carbocycles. The predicted octanol–water partition coefficient (Wildman–Crippen LogP) is 2.27. The minimum Gasteiger partial charge on any atom is -0.325 e. The summed E-state index contributed by atoms with van der Waals surface area (Å²) < 4.78 is 0. The monoisotopic (exact) mass is 175 g/mol. The Labute approximate surface area is 79.0 Å². The van der Waals surface area contributed by atoms with Crippen LogP contribution in [0.3, 0.4) is 0 Å². The Kier molecular flexibility index (Phi) is 2.71. The first kappa shape index (κ1) is 9.78. The Morgan fingerprint density at radius 2 is 2.08 bits per heavy atom. The van der Waals surface area contributed by atoms with E-state index in [1.807, 2.05) is 20.8 Å². The lowest BCUT2D eigenvalue weighted by Gasteiger charge is -2.17. The van der Waals surface area contributed by atoms with Gasteiger partial charge in [0.05, 0.1) is 0 Å². The first-order valence-corrected chi connectivity index (χ1v) is 4.19. The molecule has 0 saturated heterocycles. The molecular weight excluding hydrogens is 162 g/mol. The van der Waals surface area contributed by atoms with Gasteiger partial charge in [0.2, 0.25) is 5.91 Å². The average molecular weight is 175 g/mol. The first-order valence-electron chi connectivity index (χ1n) is 4.19. The van der Waals surface area contributed by atoms with Crippen molar-refractivity contribution in [3.63, 3.8) is 0 Å². The molecule has 2 heteroatoms. The van der Waals surface area contributed by atoms with Gasteiger partial charge in [0, 0.05) is 17.2 Å². The second-order valence-corrected chi connectivity index (χ2v) is 3.91. The number of amides is 1. The highest BCUT2D eigenvalue weighted by molar-refractivity contribution is 5.94. The number of rotatable bonds is 1. The van der Waals surface area contributed by atoms with Crippen LogP contribution in [-0.4, -0.2) is 5.91 Å². The van der Waals surface area contributed by atoms with Crippen LogP contribution in [0.15, 0.2) is 18.2 Å². The molecule has 1 aromatic rings. The summed E-state index contributed by atoms with van der Waals surface area (Å²) in [5, 5.41) is 2.76. The highest BCUT2D eigenvalue weighted by Gasteiger charge is 2.20. The van der Waals surface area contributed by atoms with E-state index < -0.39 is 0 Å². The molecule has 0 aliphatic carbocycles. The molecule has 1 N–H and O–H groups in total. The van der Waals surface area contributed by atoms with Gasteiger partial charge in [-0.2, -0.15) is 0 Å². The van der Waals surface area contributed by atoms with Crippen LogP contribution >= 0.6 is 0 Å². The smallest absolute Gasteiger partial charge is 0.229 e. The normalized spacial score (nSPS) is 11.0. The van der Waals surface area contributed by atoms with Crippen LogP contribution in [0.5, 0.6) is 0 Å². The summed E-state index contributed by atoms with van der Waals surface area (Å²) in [7, 11) is 0. The minimum atomic E-state index is -0.371. The zero-order valence-electron chi connectivity index (χ0n) is 8.14. The average Bonchev–Trinajstić information content (AvgIpc) is 2.04. The van der Waals surface area contributed by atoms with E-state index in [1.54, 1.807) is 18.2 Å². The van der Waals surface area contributed by atoms with Crippen LogP contribution in [0.4, 0.5) is 5.69 Å². The third-order valence-corrected chi connectivity index (χ3v) is 1.58. The van der Waals surface area contributed by atoms with Gasteiger partial charge in [-0.15, -0.1) is 0 Å². The SMILES string of the molecule is CC(C)(C)C(=O)Nc1[c]cc[c]c1. The fraction of sp³-hybridized carbons (Fsp3) is 0.364. The molecule has 0 saturated carbocycles. The molecule has 0 spiro atoms. The number of nitrogens with one attached hydrogen (secondary N) is 1. The largest absolute Gasteiger partial charge is 0.325 e. The third-order valence-electron chi connectivity index (χ3n) is 1.58. The number of carbonyl (C=O) groups is 1. The van der Waals surface area contributed by atoms with E-state index in [9.17, 15) is 4.79 Å². The zero-order chi connectivity index (χ0) is 9.90. The lowest BCUT2D eigenvalue weighted by Crippen LogP contribution is -2.27. The molecule has 0 aromatic heterocycles. The van der Waals surface area contributed by atoms with E-state index in [0.29, 0.717) is 5.69 Å². The van der Waals surface area contributed by atoms with E-state index in [0.717, 1.165) is 0 Å². The quantitative estimate of drug-likeness (QED) is 0.697. The van der Waals surface area contributed by atoms with Crippen LogP contribution in [0.25, 0.3) is 0 Å². The van der Waals surface area contributed by atoms with E-state index in [-0.39, 0.29) is 11.3 Å². The van der Waals surface area contributed by atoms with Gasteiger partial charge in [-0.25, -0.2) is 0 Å². The summed E-state index contributed by atoms with van der Waals surface area (Å²) in [5.41, 5.74) is 0.298. The molecule has 2 radical (unpaired) electrons. The molecule has 68 valence electrons. The van der Waals surface area contributed by atoms with Gasteiger partial charge >= 0.3 is 0 Å². The lowest BCUT2D eigenvalue weighted by atomic mass is 9.95. The summed E-state index contributed by atoms with van der Waals surface area (Å²) in [4.78, 5) is 11.5. The summed E-state index contributed by atoms with van der Waals surface area (Å²) in [6, 6.07) is 10.9. The van der Waals surface area contributed by atoms with Gasteiger partial charge in [-0.05, 0) is 12.1 Å². The van der Waals surface area contributed by atoms with Crippen molar-refractivity contribution in [1.29, 1.82) is 0 Å².